The second-order valence-electron chi connectivity index (χ2n) is 7.70. The second kappa shape index (κ2) is 5.01. The fourth-order valence-corrected chi connectivity index (χ4v) is 4.36. The van der Waals surface area contributed by atoms with Gasteiger partial charge < -0.3 is 4.90 Å². The Kier molecular flexibility index (Phi) is 3.25. The van der Waals surface area contributed by atoms with Crippen molar-refractivity contribution in [3.63, 3.8) is 0 Å². The van der Waals surface area contributed by atoms with Crippen LogP contribution in [0.5, 0.6) is 0 Å². The normalized spacial score (nSPS) is 29.4. The maximum absolute atomic E-state index is 2.65. The molecule has 21 heavy (non-hydrogen) atoms. The second-order valence-corrected chi connectivity index (χ2v) is 7.70. The molecule has 1 saturated carbocycles. The van der Waals surface area contributed by atoms with Gasteiger partial charge in [0, 0.05) is 30.9 Å². The van der Waals surface area contributed by atoms with E-state index >= 15 is 0 Å². The van der Waals surface area contributed by atoms with Crippen LogP contribution in [0.3, 0.4) is 0 Å². The first-order chi connectivity index (χ1) is 10.1. The minimum Gasteiger partial charge on any atom is -0.368 e. The average Bonchev–Trinajstić information content (AvgIpc) is 3.29. The summed E-state index contributed by atoms with van der Waals surface area (Å²) in [4.78, 5) is 5.26. The van der Waals surface area contributed by atoms with Crippen molar-refractivity contribution < 1.29 is 0 Å². The Balaban J connectivity index is 1.62. The highest BCUT2D eigenvalue weighted by molar-refractivity contribution is 5.54. The number of nitrogens with zero attached hydrogens (tertiary/aromatic N) is 2. The van der Waals surface area contributed by atoms with Crippen LogP contribution < -0.4 is 4.90 Å². The number of rotatable bonds is 3. The largest absolute Gasteiger partial charge is 0.368 e. The van der Waals surface area contributed by atoms with Gasteiger partial charge in [0.25, 0.3) is 0 Å². The zero-order valence-corrected chi connectivity index (χ0v) is 13.7. The lowest BCUT2D eigenvalue weighted by Crippen LogP contribution is -2.52. The van der Waals surface area contributed by atoms with Crippen LogP contribution in [0.2, 0.25) is 0 Å². The molecule has 3 fully saturated rings. The van der Waals surface area contributed by atoms with Crippen molar-refractivity contribution in [1.82, 2.24) is 4.90 Å². The van der Waals surface area contributed by atoms with Crippen LogP contribution in [-0.4, -0.2) is 37.1 Å². The summed E-state index contributed by atoms with van der Waals surface area (Å²) in [5.41, 5.74) is 4.71. The monoisotopic (exact) mass is 284 g/mol. The van der Waals surface area contributed by atoms with Crippen LogP contribution in [0.1, 0.15) is 62.5 Å². The Morgan fingerprint density at radius 2 is 1.67 bits per heavy atom. The van der Waals surface area contributed by atoms with E-state index in [2.05, 4.69) is 48.9 Å². The fourth-order valence-electron chi connectivity index (χ4n) is 4.36. The van der Waals surface area contributed by atoms with Crippen molar-refractivity contribution in [3.05, 3.63) is 29.3 Å². The molecule has 0 radical (unpaired) electrons. The van der Waals surface area contributed by atoms with Crippen molar-refractivity contribution in [2.75, 3.05) is 25.0 Å². The van der Waals surface area contributed by atoms with Crippen molar-refractivity contribution in [2.24, 2.45) is 0 Å². The molecule has 2 unspecified atom stereocenters. The number of anilines is 1. The minimum absolute atomic E-state index is 0.651. The van der Waals surface area contributed by atoms with Gasteiger partial charge in [-0.05, 0) is 67.8 Å². The maximum Gasteiger partial charge on any atom is 0.0370 e. The molecule has 1 aromatic rings. The summed E-state index contributed by atoms with van der Waals surface area (Å²) in [5, 5.41) is 0. The Bertz CT molecular complexity index is 518. The Morgan fingerprint density at radius 1 is 1.00 bits per heavy atom. The molecule has 2 heterocycles. The lowest BCUT2D eigenvalue weighted by Gasteiger charge is -2.40. The van der Waals surface area contributed by atoms with Gasteiger partial charge in [0.05, 0.1) is 0 Å². The predicted molar refractivity (Wildman–Crippen MR) is 89.3 cm³/mol. The molecule has 1 aliphatic carbocycles. The molecule has 2 heteroatoms. The third-order valence-corrected chi connectivity index (χ3v) is 5.92. The lowest BCUT2D eigenvalue weighted by molar-refractivity contribution is 0.212. The molecule has 2 atom stereocenters. The lowest BCUT2D eigenvalue weighted by atomic mass is 9.93. The SMILES string of the molecule is CC(C)c1ccc(N2CC3CCC(C2)N3C)cc1C1CC1. The van der Waals surface area contributed by atoms with Crippen LogP contribution >= 0.6 is 0 Å². The Hall–Kier alpha value is -1.02. The predicted octanol–water partition coefficient (Wildman–Crippen LogP) is 3.97. The zero-order valence-electron chi connectivity index (χ0n) is 13.7. The van der Waals surface area contributed by atoms with Crippen molar-refractivity contribution in [1.29, 1.82) is 0 Å². The number of piperazine rings is 1. The topological polar surface area (TPSA) is 6.48 Å². The molecule has 2 aliphatic heterocycles. The summed E-state index contributed by atoms with van der Waals surface area (Å²) in [6, 6.07) is 8.87. The van der Waals surface area contributed by atoms with Gasteiger partial charge >= 0.3 is 0 Å². The van der Waals surface area contributed by atoms with Gasteiger partial charge in [0.15, 0.2) is 0 Å². The summed E-state index contributed by atoms with van der Waals surface area (Å²) in [5.74, 6) is 1.50. The highest BCUT2D eigenvalue weighted by Crippen LogP contribution is 2.45. The van der Waals surface area contributed by atoms with Crippen molar-refractivity contribution in [2.45, 2.75) is 63.5 Å². The van der Waals surface area contributed by atoms with E-state index < -0.39 is 0 Å². The molecule has 3 aliphatic rings. The quantitative estimate of drug-likeness (QED) is 0.828. The van der Waals surface area contributed by atoms with E-state index in [1.54, 1.807) is 11.1 Å². The van der Waals surface area contributed by atoms with Gasteiger partial charge in [-0.25, -0.2) is 0 Å². The molecule has 2 bridgehead atoms. The van der Waals surface area contributed by atoms with E-state index in [4.69, 9.17) is 0 Å². The van der Waals surface area contributed by atoms with Crippen LogP contribution in [0, 0.1) is 0 Å². The molecule has 0 aromatic heterocycles. The highest BCUT2D eigenvalue weighted by atomic mass is 15.3. The third-order valence-electron chi connectivity index (χ3n) is 5.92. The first-order valence-electron chi connectivity index (χ1n) is 8.74. The first-order valence-corrected chi connectivity index (χ1v) is 8.74. The Morgan fingerprint density at radius 3 is 2.24 bits per heavy atom. The van der Waals surface area contributed by atoms with Crippen LogP contribution in [0.4, 0.5) is 5.69 Å². The molecule has 0 N–H and O–H groups in total. The number of fused-ring (bicyclic) bond motifs is 2. The van der Waals surface area contributed by atoms with E-state index in [0.717, 1.165) is 18.0 Å². The van der Waals surface area contributed by atoms with Crippen LogP contribution in [0.15, 0.2) is 18.2 Å². The van der Waals surface area contributed by atoms with E-state index in [9.17, 15) is 0 Å². The molecule has 1 aromatic carbocycles. The van der Waals surface area contributed by atoms with E-state index in [1.807, 2.05) is 0 Å². The van der Waals surface area contributed by atoms with E-state index in [1.165, 1.54) is 44.5 Å². The fraction of sp³-hybridized carbons (Fsp3) is 0.684. The first kappa shape index (κ1) is 13.6. The van der Waals surface area contributed by atoms with Crippen molar-refractivity contribution in [3.8, 4) is 0 Å². The number of hydrogen-bond donors (Lipinski definition) is 0. The molecule has 2 nitrogen and oxygen atoms in total. The van der Waals surface area contributed by atoms with E-state index in [0.29, 0.717) is 5.92 Å². The van der Waals surface area contributed by atoms with Gasteiger partial charge in [0.1, 0.15) is 0 Å². The van der Waals surface area contributed by atoms with Gasteiger partial charge in [-0.2, -0.15) is 0 Å². The summed E-state index contributed by atoms with van der Waals surface area (Å²) in [6.45, 7) is 7.10. The Labute approximate surface area is 129 Å². The van der Waals surface area contributed by atoms with Gasteiger partial charge in [-0.15, -0.1) is 0 Å². The molecule has 2 saturated heterocycles. The highest BCUT2D eigenvalue weighted by Gasteiger charge is 2.37. The molecular formula is C19H28N2. The van der Waals surface area contributed by atoms with Gasteiger partial charge in [0.2, 0.25) is 0 Å². The molecule has 0 amide bonds. The van der Waals surface area contributed by atoms with Gasteiger partial charge in [-0.3, -0.25) is 4.90 Å². The van der Waals surface area contributed by atoms with Gasteiger partial charge in [-0.1, -0.05) is 19.9 Å². The number of likely N-dealkylation sites (N-methyl/N-ethyl adjacent to an activating group) is 1. The molecular weight excluding hydrogens is 256 g/mol. The summed E-state index contributed by atoms with van der Waals surface area (Å²) in [7, 11) is 2.32. The summed E-state index contributed by atoms with van der Waals surface area (Å²) >= 11 is 0. The number of benzene rings is 1. The smallest absolute Gasteiger partial charge is 0.0370 e. The van der Waals surface area contributed by atoms with Crippen molar-refractivity contribution >= 4 is 5.69 Å². The maximum atomic E-state index is 2.65. The molecule has 114 valence electrons. The molecule has 0 spiro atoms. The minimum atomic E-state index is 0.651. The van der Waals surface area contributed by atoms with E-state index in [-0.39, 0.29) is 0 Å². The zero-order chi connectivity index (χ0) is 14.6. The molecule has 4 rings (SSSR count). The summed E-state index contributed by atoms with van der Waals surface area (Å²) < 4.78 is 0. The van der Waals surface area contributed by atoms with Crippen LogP contribution in [-0.2, 0) is 0 Å². The average molecular weight is 284 g/mol. The third kappa shape index (κ3) is 2.38. The summed E-state index contributed by atoms with van der Waals surface area (Å²) in [6.07, 6.45) is 5.57. The number of hydrogen-bond acceptors (Lipinski definition) is 2. The van der Waals surface area contributed by atoms with Crippen LogP contribution in [0.25, 0.3) is 0 Å². The standard InChI is InChI=1S/C19H28N2/c1-13(2)18-9-8-15(10-19(18)14-4-5-14)21-11-16-6-7-17(12-21)20(16)3/h8-10,13-14,16-17H,4-7,11-12H2,1-3H3.